The first-order valence-corrected chi connectivity index (χ1v) is 4.95. The van der Waals surface area contributed by atoms with E-state index < -0.39 is 5.92 Å². The number of alkyl halides is 2. The summed E-state index contributed by atoms with van der Waals surface area (Å²) in [5.41, 5.74) is 5.49. The molecule has 1 aromatic heterocycles. The fourth-order valence-corrected chi connectivity index (χ4v) is 1.67. The number of hydrogen-bond donors (Lipinski definition) is 2. The molecule has 0 bridgehead atoms. The van der Waals surface area contributed by atoms with Gasteiger partial charge in [-0.15, -0.1) is 0 Å². The average Bonchev–Trinajstić information content (AvgIpc) is 2.58. The van der Waals surface area contributed by atoms with Gasteiger partial charge in [0.2, 0.25) is 5.95 Å². The highest BCUT2D eigenvalue weighted by Gasteiger charge is 2.38. The summed E-state index contributed by atoms with van der Waals surface area (Å²) < 4.78 is 26.1. The van der Waals surface area contributed by atoms with Crippen molar-refractivity contribution in [3.63, 3.8) is 0 Å². The molecule has 0 aromatic carbocycles. The van der Waals surface area contributed by atoms with E-state index in [-0.39, 0.29) is 25.5 Å². The Labute approximate surface area is 91.7 Å². The molecule has 88 valence electrons. The van der Waals surface area contributed by atoms with Gasteiger partial charge in [-0.2, -0.15) is 9.97 Å². The molecule has 1 aromatic rings. The summed E-state index contributed by atoms with van der Waals surface area (Å²) in [6.07, 6.45) is -0.147. The minimum atomic E-state index is -2.64. The summed E-state index contributed by atoms with van der Waals surface area (Å²) in [5, 5.41) is 2.81. The molecular formula is C9H13F2N5. The van der Waals surface area contributed by atoms with E-state index in [2.05, 4.69) is 15.3 Å². The molecule has 3 N–H and O–H groups in total. The third-order valence-corrected chi connectivity index (χ3v) is 2.48. The van der Waals surface area contributed by atoms with Gasteiger partial charge < -0.3 is 16.0 Å². The van der Waals surface area contributed by atoms with Crippen molar-refractivity contribution >= 4 is 17.6 Å². The largest absolute Gasteiger partial charge is 0.373 e. The Bertz CT molecular complexity index is 395. The first-order chi connectivity index (χ1) is 7.50. The SMILES string of the molecule is CNc1cc(N2CCC(F)(F)C2)nc(N)n1. The van der Waals surface area contributed by atoms with Gasteiger partial charge in [-0.1, -0.05) is 0 Å². The molecule has 1 aliphatic rings. The topological polar surface area (TPSA) is 67.1 Å². The van der Waals surface area contributed by atoms with Crippen LogP contribution in [0.1, 0.15) is 6.42 Å². The molecule has 16 heavy (non-hydrogen) atoms. The number of rotatable bonds is 2. The summed E-state index contributed by atoms with van der Waals surface area (Å²) >= 11 is 0. The maximum absolute atomic E-state index is 13.0. The lowest BCUT2D eigenvalue weighted by Gasteiger charge is -2.17. The van der Waals surface area contributed by atoms with E-state index in [1.165, 1.54) is 4.90 Å². The Morgan fingerprint density at radius 3 is 2.81 bits per heavy atom. The molecule has 0 amide bonds. The Morgan fingerprint density at radius 1 is 1.50 bits per heavy atom. The fourth-order valence-electron chi connectivity index (χ4n) is 1.67. The van der Waals surface area contributed by atoms with Crippen LogP contribution in [0.15, 0.2) is 6.07 Å². The maximum Gasteiger partial charge on any atom is 0.266 e. The van der Waals surface area contributed by atoms with E-state index in [9.17, 15) is 8.78 Å². The zero-order valence-corrected chi connectivity index (χ0v) is 8.87. The van der Waals surface area contributed by atoms with E-state index in [1.54, 1.807) is 13.1 Å². The molecule has 1 aliphatic heterocycles. The standard InChI is InChI=1S/C9H13F2N5/c1-13-6-4-7(15-8(12)14-6)16-3-2-9(10,11)5-16/h4H,2-3,5H2,1H3,(H3,12,13,14,15). The lowest BCUT2D eigenvalue weighted by Crippen LogP contribution is -2.26. The number of hydrogen-bond acceptors (Lipinski definition) is 5. The zero-order valence-electron chi connectivity index (χ0n) is 8.87. The zero-order chi connectivity index (χ0) is 11.8. The van der Waals surface area contributed by atoms with Crippen LogP contribution >= 0.6 is 0 Å². The van der Waals surface area contributed by atoms with Crippen LogP contribution in [0.4, 0.5) is 26.4 Å². The Kier molecular flexibility index (Phi) is 2.53. The first kappa shape index (κ1) is 10.8. The molecular weight excluding hydrogens is 216 g/mol. The predicted octanol–water partition coefficient (Wildman–Crippen LogP) is 0.946. The summed E-state index contributed by atoms with van der Waals surface area (Å²) in [4.78, 5) is 9.36. The van der Waals surface area contributed by atoms with Crippen LogP contribution in [0.5, 0.6) is 0 Å². The number of nitrogens with zero attached hydrogens (tertiary/aromatic N) is 3. The van der Waals surface area contributed by atoms with Crippen LogP contribution in [0, 0.1) is 0 Å². The van der Waals surface area contributed by atoms with Crippen molar-refractivity contribution in [3.05, 3.63) is 6.07 Å². The Morgan fingerprint density at radius 2 is 2.25 bits per heavy atom. The monoisotopic (exact) mass is 229 g/mol. The number of halogens is 2. The van der Waals surface area contributed by atoms with Gasteiger partial charge in [0.25, 0.3) is 5.92 Å². The van der Waals surface area contributed by atoms with Gasteiger partial charge in [0.1, 0.15) is 11.6 Å². The Hall–Kier alpha value is -1.66. The highest BCUT2D eigenvalue weighted by Crippen LogP contribution is 2.30. The first-order valence-electron chi connectivity index (χ1n) is 4.95. The summed E-state index contributed by atoms with van der Waals surface area (Å²) in [5.74, 6) is -1.59. The predicted molar refractivity (Wildman–Crippen MR) is 57.8 cm³/mol. The second-order valence-corrected chi connectivity index (χ2v) is 3.75. The normalized spacial score (nSPS) is 18.8. The van der Waals surface area contributed by atoms with Crippen LogP contribution in [-0.4, -0.2) is 36.0 Å². The van der Waals surface area contributed by atoms with Gasteiger partial charge in [-0.25, -0.2) is 8.78 Å². The van der Waals surface area contributed by atoms with Gasteiger partial charge >= 0.3 is 0 Å². The van der Waals surface area contributed by atoms with Crippen LogP contribution in [0.2, 0.25) is 0 Å². The quantitative estimate of drug-likeness (QED) is 0.790. The van der Waals surface area contributed by atoms with Gasteiger partial charge in [0, 0.05) is 26.1 Å². The van der Waals surface area contributed by atoms with Crippen molar-refractivity contribution in [3.8, 4) is 0 Å². The number of nitrogen functional groups attached to an aromatic ring is 1. The lowest BCUT2D eigenvalue weighted by molar-refractivity contribution is 0.0256. The number of nitrogens with one attached hydrogen (secondary N) is 1. The van der Waals surface area contributed by atoms with E-state index in [1.807, 2.05) is 0 Å². The minimum Gasteiger partial charge on any atom is -0.373 e. The number of anilines is 3. The van der Waals surface area contributed by atoms with Crippen LogP contribution in [0.3, 0.4) is 0 Å². The molecule has 0 unspecified atom stereocenters. The molecule has 0 saturated carbocycles. The number of nitrogens with two attached hydrogens (primary N) is 1. The second-order valence-electron chi connectivity index (χ2n) is 3.75. The third kappa shape index (κ3) is 2.12. The van der Waals surface area contributed by atoms with Crippen molar-refractivity contribution in [2.75, 3.05) is 36.1 Å². The van der Waals surface area contributed by atoms with E-state index in [4.69, 9.17) is 5.73 Å². The van der Waals surface area contributed by atoms with Crippen molar-refractivity contribution in [2.24, 2.45) is 0 Å². The molecule has 2 heterocycles. The van der Waals surface area contributed by atoms with Crippen LogP contribution in [0.25, 0.3) is 0 Å². The van der Waals surface area contributed by atoms with Crippen molar-refractivity contribution in [2.45, 2.75) is 12.3 Å². The van der Waals surface area contributed by atoms with Gasteiger partial charge in [0.05, 0.1) is 6.54 Å². The summed E-state index contributed by atoms with van der Waals surface area (Å²) in [6.45, 7) is -0.0286. The fraction of sp³-hybridized carbons (Fsp3) is 0.556. The van der Waals surface area contributed by atoms with Gasteiger partial charge in [-0.05, 0) is 0 Å². The van der Waals surface area contributed by atoms with E-state index >= 15 is 0 Å². The maximum atomic E-state index is 13.0. The summed E-state index contributed by atoms with van der Waals surface area (Å²) in [6, 6.07) is 1.61. The van der Waals surface area contributed by atoms with Gasteiger partial charge in [0.15, 0.2) is 0 Å². The lowest BCUT2D eigenvalue weighted by atomic mass is 10.3. The number of aromatic nitrogens is 2. The molecule has 1 fully saturated rings. The molecule has 2 rings (SSSR count). The Balaban J connectivity index is 2.24. The minimum absolute atomic E-state index is 0.0806. The third-order valence-electron chi connectivity index (χ3n) is 2.48. The van der Waals surface area contributed by atoms with Crippen molar-refractivity contribution in [1.82, 2.24) is 9.97 Å². The van der Waals surface area contributed by atoms with E-state index in [0.717, 1.165) is 0 Å². The van der Waals surface area contributed by atoms with Gasteiger partial charge in [-0.3, -0.25) is 0 Å². The second kappa shape index (κ2) is 3.73. The van der Waals surface area contributed by atoms with Crippen LogP contribution in [-0.2, 0) is 0 Å². The highest BCUT2D eigenvalue weighted by molar-refractivity contribution is 5.53. The van der Waals surface area contributed by atoms with E-state index in [0.29, 0.717) is 11.6 Å². The van der Waals surface area contributed by atoms with Crippen LogP contribution < -0.4 is 16.0 Å². The molecule has 1 saturated heterocycles. The molecule has 0 atom stereocenters. The molecule has 0 radical (unpaired) electrons. The summed E-state index contributed by atoms with van der Waals surface area (Å²) in [7, 11) is 1.68. The molecule has 0 spiro atoms. The van der Waals surface area contributed by atoms with Crippen molar-refractivity contribution < 1.29 is 8.78 Å². The molecule has 7 heteroatoms. The van der Waals surface area contributed by atoms with Crippen molar-refractivity contribution in [1.29, 1.82) is 0 Å². The highest BCUT2D eigenvalue weighted by atomic mass is 19.3. The molecule has 5 nitrogen and oxygen atoms in total. The smallest absolute Gasteiger partial charge is 0.266 e. The molecule has 0 aliphatic carbocycles. The average molecular weight is 229 g/mol.